The Bertz CT molecular complexity index is 1140. The van der Waals surface area contributed by atoms with Gasteiger partial charge in [-0.1, -0.05) is 17.9 Å². The van der Waals surface area contributed by atoms with Crippen LogP contribution >= 0.6 is 0 Å². The van der Waals surface area contributed by atoms with Crippen molar-refractivity contribution in [3.8, 4) is 0 Å². The number of nitrogens with zero attached hydrogens (tertiary/aromatic N) is 6. The van der Waals surface area contributed by atoms with E-state index in [1.165, 1.54) is 18.1 Å². The lowest BCUT2D eigenvalue weighted by Crippen LogP contribution is -2.37. The molecule has 1 fully saturated rings. The van der Waals surface area contributed by atoms with Gasteiger partial charge < -0.3 is 21.3 Å². The molecule has 4 N–H and O–H groups in total. The van der Waals surface area contributed by atoms with Crippen LogP contribution in [0, 0.1) is 5.92 Å². The first-order valence-corrected chi connectivity index (χ1v) is 12.5. The monoisotopic (exact) mass is 558 g/mol. The maximum atomic E-state index is 13.5. The fraction of sp³-hybridized carbons (Fsp3) is 0.520. The molecule has 0 unspecified atom stereocenters. The number of aromatic nitrogens is 1. The van der Waals surface area contributed by atoms with Gasteiger partial charge in [0.2, 0.25) is 5.96 Å². The summed E-state index contributed by atoms with van der Waals surface area (Å²) in [5.74, 6) is 0.850. The minimum Gasteiger partial charge on any atom is -0.397 e. The van der Waals surface area contributed by atoms with Crippen molar-refractivity contribution in [1.82, 2.24) is 9.88 Å². The maximum absolute atomic E-state index is 13.5. The molecule has 1 aliphatic carbocycles. The SMILES string of the molecule is CCN(CC1CCCC1)c1ncc(N)cc1CN(Cc1cc(C(F)(F)F)cc(C(F)(F)F)c1)C(N)=NN=NC. The van der Waals surface area contributed by atoms with Gasteiger partial charge in [0.1, 0.15) is 5.82 Å². The minimum absolute atomic E-state index is 0.0549. The fourth-order valence-corrected chi connectivity index (χ4v) is 4.70. The van der Waals surface area contributed by atoms with Crippen molar-refractivity contribution < 1.29 is 26.3 Å². The zero-order chi connectivity index (χ0) is 28.8. The maximum Gasteiger partial charge on any atom is 0.416 e. The fourth-order valence-electron chi connectivity index (χ4n) is 4.70. The van der Waals surface area contributed by atoms with Crippen LogP contribution in [0.25, 0.3) is 0 Å². The number of hydrogen-bond donors (Lipinski definition) is 2. The molecule has 0 atom stereocenters. The summed E-state index contributed by atoms with van der Waals surface area (Å²) in [7, 11) is 1.34. The number of nitrogens with two attached hydrogens (primary N) is 2. The molecule has 1 aliphatic rings. The zero-order valence-corrected chi connectivity index (χ0v) is 21.7. The van der Waals surface area contributed by atoms with Crippen LogP contribution in [0.3, 0.4) is 0 Å². The Balaban J connectivity index is 2.03. The highest BCUT2D eigenvalue weighted by Crippen LogP contribution is 2.37. The predicted molar refractivity (Wildman–Crippen MR) is 137 cm³/mol. The van der Waals surface area contributed by atoms with Crippen molar-refractivity contribution in [2.45, 2.75) is 58.0 Å². The smallest absolute Gasteiger partial charge is 0.397 e. The first-order valence-electron chi connectivity index (χ1n) is 12.5. The van der Waals surface area contributed by atoms with Crippen molar-refractivity contribution in [3.05, 3.63) is 52.7 Å². The van der Waals surface area contributed by atoms with Gasteiger partial charge in [0.25, 0.3) is 0 Å². The van der Waals surface area contributed by atoms with E-state index in [4.69, 9.17) is 11.5 Å². The summed E-state index contributed by atoms with van der Waals surface area (Å²) in [6, 6.07) is 3.06. The second-order valence-corrected chi connectivity index (χ2v) is 9.46. The third-order valence-corrected chi connectivity index (χ3v) is 6.54. The van der Waals surface area contributed by atoms with Gasteiger partial charge in [-0.2, -0.15) is 31.5 Å². The first kappa shape index (κ1) is 30.0. The number of pyridine rings is 1. The van der Waals surface area contributed by atoms with Gasteiger partial charge in [-0.25, -0.2) is 4.98 Å². The topological polar surface area (TPSA) is 108 Å². The lowest BCUT2D eigenvalue weighted by Gasteiger charge is -2.30. The van der Waals surface area contributed by atoms with Gasteiger partial charge in [0.05, 0.1) is 30.1 Å². The van der Waals surface area contributed by atoms with Crippen molar-refractivity contribution in [1.29, 1.82) is 0 Å². The Hall–Kier alpha value is -3.58. The Morgan fingerprint density at radius 1 is 1.00 bits per heavy atom. The molecule has 1 heterocycles. The molecular weight excluding hydrogens is 526 g/mol. The van der Waals surface area contributed by atoms with E-state index in [0.717, 1.165) is 32.2 Å². The second kappa shape index (κ2) is 12.5. The van der Waals surface area contributed by atoms with Crippen molar-refractivity contribution in [3.63, 3.8) is 0 Å². The molecule has 3 rings (SSSR count). The third-order valence-electron chi connectivity index (χ3n) is 6.54. The lowest BCUT2D eigenvalue weighted by atomic mass is 10.0. The van der Waals surface area contributed by atoms with Crippen LogP contribution in [0.15, 0.2) is 45.9 Å². The molecule has 39 heavy (non-hydrogen) atoms. The van der Waals surface area contributed by atoms with Crippen molar-refractivity contribution in [2.24, 2.45) is 27.1 Å². The molecule has 0 saturated heterocycles. The van der Waals surface area contributed by atoms with Crippen molar-refractivity contribution >= 4 is 17.5 Å². The van der Waals surface area contributed by atoms with E-state index in [-0.39, 0.29) is 24.1 Å². The van der Waals surface area contributed by atoms with Crippen molar-refractivity contribution in [2.75, 3.05) is 30.8 Å². The Morgan fingerprint density at radius 3 is 2.15 bits per heavy atom. The second-order valence-electron chi connectivity index (χ2n) is 9.46. The zero-order valence-electron chi connectivity index (χ0n) is 21.7. The number of guanidine groups is 1. The number of halogens is 6. The van der Waals surface area contributed by atoms with Gasteiger partial charge in [-0.05, 0) is 60.7 Å². The normalized spacial score (nSPS) is 15.3. The van der Waals surface area contributed by atoms with Gasteiger partial charge in [-0.3, -0.25) is 0 Å². The van der Waals surface area contributed by atoms with E-state index in [1.54, 1.807) is 6.07 Å². The van der Waals surface area contributed by atoms with Crippen LogP contribution in [0.5, 0.6) is 0 Å². The van der Waals surface area contributed by atoms with Crippen LogP contribution < -0.4 is 16.4 Å². The van der Waals surface area contributed by atoms with Gasteiger partial charge in [0, 0.05) is 31.7 Å². The van der Waals surface area contributed by atoms with E-state index < -0.39 is 30.0 Å². The Kier molecular flexibility index (Phi) is 9.62. The molecule has 0 bridgehead atoms. The summed E-state index contributed by atoms with van der Waals surface area (Å²) in [5, 5.41) is 10.7. The molecule has 0 spiro atoms. The minimum atomic E-state index is -4.98. The van der Waals surface area contributed by atoms with Gasteiger partial charge >= 0.3 is 12.4 Å². The molecule has 1 aromatic carbocycles. The molecule has 214 valence electrons. The van der Waals surface area contributed by atoms with Gasteiger partial charge in [-0.15, -0.1) is 0 Å². The van der Waals surface area contributed by atoms with E-state index in [1.807, 2.05) is 6.92 Å². The van der Waals surface area contributed by atoms with Crippen LogP contribution in [0.2, 0.25) is 0 Å². The highest BCUT2D eigenvalue weighted by Gasteiger charge is 2.37. The summed E-state index contributed by atoms with van der Waals surface area (Å²) in [5.41, 5.74) is 9.92. The molecule has 0 radical (unpaired) electrons. The van der Waals surface area contributed by atoms with Crippen LogP contribution in [-0.2, 0) is 25.4 Å². The molecule has 2 aromatic rings. The van der Waals surface area contributed by atoms with E-state index in [9.17, 15) is 26.3 Å². The van der Waals surface area contributed by atoms with E-state index in [0.29, 0.717) is 41.7 Å². The average Bonchev–Trinajstić information content (AvgIpc) is 3.38. The molecular formula is C25H32F6N8. The number of hydrogen-bond acceptors (Lipinski definition) is 5. The van der Waals surface area contributed by atoms with E-state index >= 15 is 0 Å². The Labute approximate surface area is 222 Å². The van der Waals surface area contributed by atoms with Crippen LogP contribution in [0.1, 0.15) is 54.9 Å². The molecule has 0 amide bonds. The summed E-state index contributed by atoms with van der Waals surface area (Å²) < 4.78 is 80.7. The lowest BCUT2D eigenvalue weighted by molar-refractivity contribution is -0.143. The van der Waals surface area contributed by atoms with E-state index in [2.05, 4.69) is 25.3 Å². The summed E-state index contributed by atoms with van der Waals surface area (Å²) in [6.45, 7) is 2.89. The quantitative estimate of drug-likeness (QED) is 0.128. The number of benzene rings is 1. The highest BCUT2D eigenvalue weighted by molar-refractivity contribution is 5.78. The van der Waals surface area contributed by atoms with Crippen LogP contribution in [0.4, 0.5) is 37.8 Å². The number of nitrogen functional groups attached to an aromatic ring is 1. The summed E-state index contributed by atoms with van der Waals surface area (Å²) in [6.07, 6.45) is -3.93. The van der Waals surface area contributed by atoms with Crippen LogP contribution in [-0.4, -0.2) is 36.0 Å². The standard InChI is InChI=1S/C25H32F6N8/c1-3-38(13-16-6-4-5-7-16)22-18(10-21(32)12-35-22)15-39(23(33)36-37-34-2)14-17-8-19(24(26,27)28)11-20(9-17)25(29,30)31/h8-12,16H,3-7,13-15,32H2,1-2H3,(H2,33,34,36). The predicted octanol–water partition coefficient (Wildman–Crippen LogP) is 6.03. The Morgan fingerprint density at radius 2 is 1.62 bits per heavy atom. The molecule has 1 aromatic heterocycles. The molecule has 0 aliphatic heterocycles. The number of alkyl halides is 6. The highest BCUT2D eigenvalue weighted by atomic mass is 19.4. The molecule has 14 heteroatoms. The summed E-state index contributed by atoms with van der Waals surface area (Å²) in [4.78, 5) is 7.92. The average molecular weight is 559 g/mol. The third kappa shape index (κ3) is 8.20. The molecule has 1 saturated carbocycles. The largest absolute Gasteiger partial charge is 0.416 e. The first-order chi connectivity index (χ1) is 18.3. The summed E-state index contributed by atoms with van der Waals surface area (Å²) >= 11 is 0. The van der Waals surface area contributed by atoms with Gasteiger partial charge in [0.15, 0.2) is 0 Å². The number of anilines is 2. The number of rotatable bonds is 9. The molecule has 8 nitrogen and oxygen atoms in total.